The largest absolute Gasteiger partial charge is 0.460 e. The monoisotopic (exact) mass is 276 g/mol. The first-order valence-corrected chi connectivity index (χ1v) is 5.07. The van der Waals surface area contributed by atoms with Crippen LogP contribution >= 0.6 is 34.8 Å². The molecule has 0 saturated heterocycles. The Hall–Kier alpha value is -0.000000000000000111. The van der Waals surface area contributed by atoms with E-state index in [1.165, 1.54) is 6.92 Å². The molecule has 0 fully saturated rings. The molecule has 1 unspecified atom stereocenters. The van der Waals surface area contributed by atoms with Crippen molar-refractivity contribution < 1.29 is 19.4 Å². The lowest BCUT2D eigenvalue weighted by Gasteiger charge is -2.18. The van der Waals surface area contributed by atoms with Crippen LogP contribution in [0.25, 0.3) is 0 Å². The number of esters is 1. The predicted molar refractivity (Wildman–Crippen MR) is 58.0 cm³/mol. The Morgan fingerprint density at radius 1 is 1.47 bits per heavy atom. The lowest BCUT2D eigenvalue weighted by Crippen LogP contribution is -2.29. The minimum atomic E-state index is -1.92. The second-order valence-electron chi connectivity index (χ2n) is 2.68. The molecule has 0 bridgehead atoms. The number of rotatable bonds is 5. The highest BCUT2D eigenvalue weighted by molar-refractivity contribution is 6.67. The number of carbonyl (C=O) groups is 1. The molecule has 0 saturated carbocycles. The Morgan fingerprint density at radius 2 is 2.00 bits per heavy atom. The summed E-state index contributed by atoms with van der Waals surface area (Å²) in [6.45, 7) is 4.77. The first-order valence-electron chi connectivity index (χ1n) is 3.94. The maximum Gasteiger partial charge on any atom is 0.333 e. The molecule has 0 aromatic heterocycles. The topological polar surface area (TPSA) is 55.8 Å². The van der Waals surface area contributed by atoms with Crippen molar-refractivity contribution >= 4 is 40.8 Å². The summed E-state index contributed by atoms with van der Waals surface area (Å²) in [5.74, 6) is -0.540. The fraction of sp³-hybridized carbons (Fsp3) is 0.625. The van der Waals surface area contributed by atoms with Gasteiger partial charge in [0.25, 0.3) is 0 Å². The molecule has 15 heavy (non-hydrogen) atoms. The Bertz CT molecular complexity index is 237. The zero-order chi connectivity index (χ0) is 12.1. The number of hydrogen-bond acceptors (Lipinski definition) is 4. The maximum absolute atomic E-state index is 10.9. The normalized spacial score (nSPS) is 13.4. The zero-order valence-electron chi connectivity index (χ0n) is 8.00. The SMILES string of the molecule is C=C(C)C(=O)OCCOC(O)C(Cl)(Cl)Cl. The third kappa shape index (κ3) is 6.98. The van der Waals surface area contributed by atoms with E-state index in [4.69, 9.17) is 39.9 Å². The third-order valence-electron chi connectivity index (χ3n) is 1.22. The van der Waals surface area contributed by atoms with Crippen LogP contribution in [-0.4, -0.2) is 34.4 Å². The van der Waals surface area contributed by atoms with Crippen LogP contribution in [0.3, 0.4) is 0 Å². The molecule has 88 valence electrons. The van der Waals surface area contributed by atoms with E-state index >= 15 is 0 Å². The molecular formula is C8H11Cl3O4. The summed E-state index contributed by atoms with van der Waals surface area (Å²) in [5.41, 5.74) is 0.275. The molecule has 1 N–H and O–H groups in total. The minimum absolute atomic E-state index is 0.0521. The van der Waals surface area contributed by atoms with Crippen molar-refractivity contribution in [2.45, 2.75) is 17.0 Å². The summed E-state index contributed by atoms with van der Waals surface area (Å²) >= 11 is 15.9. The number of carbonyl (C=O) groups excluding carboxylic acids is 1. The van der Waals surface area contributed by atoms with Gasteiger partial charge in [0.2, 0.25) is 10.1 Å². The van der Waals surface area contributed by atoms with Gasteiger partial charge >= 0.3 is 5.97 Å². The van der Waals surface area contributed by atoms with Crippen LogP contribution < -0.4 is 0 Å². The van der Waals surface area contributed by atoms with Crippen LogP contribution in [0, 0.1) is 0 Å². The van der Waals surface area contributed by atoms with Crippen molar-refractivity contribution in [3.05, 3.63) is 12.2 Å². The van der Waals surface area contributed by atoms with Crippen LogP contribution in [-0.2, 0) is 14.3 Å². The van der Waals surface area contributed by atoms with Crippen molar-refractivity contribution in [2.75, 3.05) is 13.2 Å². The highest BCUT2D eigenvalue weighted by Gasteiger charge is 2.31. The highest BCUT2D eigenvalue weighted by Crippen LogP contribution is 2.30. The molecule has 0 amide bonds. The summed E-state index contributed by atoms with van der Waals surface area (Å²) in [6, 6.07) is 0. The van der Waals surface area contributed by atoms with E-state index in [-0.39, 0.29) is 18.8 Å². The van der Waals surface area contributed by atoms with Crippen molar-refractivity contribution in [2.24, 2.45) is 0 Å². The highest BCUT2D eigenvalue weighted by atomic mass is 35.6. The molecule has 0 aliphatic carbocycles. The van der Waals surface area contributed by atoms with Crippen LogP contribution in [0.2, 0.25) is 0 Å². The van der Waals surface area contributed by atoms with Gasteiger partial charge in [-0.25, -0.2) is 4.79 Å². The van der Waals surface area contributed by atoms with Gasteiger partial charge in [0.15, 0.2) is 0 Å². The third-order valence-corrected chi connectivity index (χ3v) is 1.78. The van der Waals surface area contributed by atoms with Gasteiger partial charge in [0.05, 0.1) is 6.61 Å². The van der Waals surface area contributed by atoms with Crippen molar-refractivity contribution in [1.82, 2.24) is 0 Å². The zero-order valence-corrected chi connectivity index (χ0v) is 10.3. The van der Waals surface area contributed by atoms with Crippen molar-refractivity contribution in [1.29, 1.82) is 0 Å². The van der Waals surface area contributed by atoms with Crippen LogP contribution in [0.4, 0.5) is 0 Å². The van der Waals surface area contributed by atoms with Crippen LogP contribution in [0.5, 0.6) is 0 Å². The average Bonchev–Trinajstić information content (AvgIpc) is 2.09. The average molecular weight is 278 g/mol. The Kier molecular flexibility index (Phi) is 6.55. The molecule has 4 nitrogen and oxygen atoms in total. The van der Waals surface area contributed by atoms with E-state index in [9.17, 15) is 4.79 Å². The minimum Gasteiger partial charge on any atom is -0.460 e. The fourth-order valence-corrected chi connectivity index (χ4v) is 0.701. The van der Waals surface area contributed by atoms with Crippen LogP contribution in [0.15, 0.2) is 12.2 Å². The standard InChI is InChI=1S/C8H11Cl3O4/c1-5(2)6(12)14-3-4-15-7(13)8(9,10)11/h7,13H,1,3-4H2,2H3. The number of alkyl halides is 3. The fourth-order valence-electron chi connectivity index (χ4n) is 0.512. The molecule has 0 spiro atoms. The van der Waals surface area contributed by atoms with E-state index in [0.29, 0.717) is 0 Å². The molecule has 0 aromatic rings. The second-order valence-corrected chi connectivity index (χ2v) is 5.05. The lowest BCUT2D eigenvalue weighted by molar-refractivity contribution is -0.146. The molecule has 0 aliphatic heterocycles. The van der Waals surface area contributed by atoms with Gasteiger partial charge in [-0.2, -0.15) is 0 Å². The number of ether oxygens (including phenoxy) is 2. The van der Waals surface area contributed by atoms with Gasteiger partial charge in [-0.05, 0) is 6.92 Å². The summed E-state index contributed by atoms with van der Waals surface area (Å²) in [4.78, 5) is 10.9. The number of hydrogen-bond donors (Lipinski definition) is 1. The Labute approximate surface area is 103 Å². The number of halogens is 3. The second kappa shape index (κ2) is 6.55. The first-order chi connectivity index (χ1) is 6.75. The maximum atomic E-state index is 10.9. The lowest BCUT2D eigenvalue weighted by atomic mass is 10.4. The summed E-state index contributed by atoms with van der Waals surface area (Å²) in [6.07, 6.45) is -1.56. The Morgan fingerprint density at radius 3 is 2.40 bits per heavy atom. The van der Waals surface area contributed by atoms with E-state index < -0.39 is 16.1 Å². The Balaban J connectivity index is 3.64. The molecule has 0 aliphatic rings. The predicted octanol–water partition coefficient (Wildman–Crippen LogP) is 1.81. The van der Waals surface area contributed by atoms with E-state index in [1.807, 2.05) is 0 Å². The summed E-state index contributed by atoms with van der Waals surface area (Å²) in [7, 11) is 0. The van der Waals surface area contributed by atoms with Crippen LogP contribution in [0.1, 0.15) is 6.92 Å². The summed E-state index contributed by atoms with van der Waals surface area (Å²) in [5, 5.41) is 9.08. The van der Waals surface area contributed by atoms with Crippen molar-refractivity contribution in [3.8, 4) is 0 Å². The first kappa shape index (κ1) is 15.0. The van der Waals surface area contributed by atoms with E-state index in [1.54, 1.807) is 0 Å². The molecule has 0 radical (unpaired) electrons. The molecule has 0 heterocycles. The van der Waals surface area contributed by atoms with E-state index in [0.717, 1.165) is 0 Å². The molecule has 1 atom stereocenters. The number of aliphatic hydroxyl groups excluding tert-OH is 1. The molecular weight excluding hydrogens is 266 g/mol. The van der Waals surface area contributed by atoms with Gasteiger partial charge in [0, 0.05) is 5.57 Å². The smallest absolute Gasteiger partial charge is 0.333 e. The van der Waals surface area contributed by atoms with Gasteiger partial charge in [0.1, 0.15) is 6.61 Å². The van der Waals surface area contributed by atoms with Crippen molar-refractivity contribution in [3.63, 3.8) is 0 Å². The number of aliphatic hydroxyl groups is 1. The van der Waals surface area contributed by atoms with Gasteiger partial charge < -0.3 is 14.6 Å². The van der Waals surface area contributed by atoms with Gasteiger partial charge in [-0.3, -0.25) is 0 Å². The van der Waals surface area contributed by atoms with Gasteiger partial charge in [-0.15, -0.1) is 0 Å². The van der Waals surface area contributed by atoms with Gasteiger partial charge in [-0.1, -0.05) is 41.4 Å². The molecule has 0 aromatic carbocycles. The summed E-state index contributed by atoms with van der Waals surface area (Å²) < 4.78 is 7.43. The quantitative estimate of drug-likeness (QED) is 0.274. The molecule has 7 heteroatoms. The molecule has 0 rings (SSSR count). The van der Waals surface area contributed by atoms with E-state index in [2.05, 4.69) is 16.1 Å².